The number of nitrogens with one attached hydrogen (secondary N) is 1. The molecule has 0 radical (unpaired) electrons. The Kier molecular flexibility index (Phi) is 3.92. The lowest BCUT2D eigenvalue weighted by Crippen LogP contribution is -2.15. The predicted molar refractivity (Wildman–Crippen MR) is 84.0 cm³/mol. The van der Waals surface area contributed by atoms with E-state index < -0.39 is 21.8 Å². The highest BCUT2D eigenvalue weighted by atomic mass is 32.2. The highest BCUT2D eigenvalue weighted by molar-refractivity contribution is 7.93. The quantitative estimate of drug-likeness (QED) is 0.773. The lowest BCUT2D eigenvalue weighted by molar-refractivity contribution is -0.137. The van der Waals surface area contributed by atoms with Crippen LogP contribution in [0.2, 0.25) is 0 Å². The molecule has 0 saturated heterocycles. The van der Waals surface area contributed by atoms with Gasteiger partial charge < -0.3 is 0 Å². The van der Waals surface area contributed by atoms with Gasteiger partial charge in [-0.15, -0.1) is 0 Å². The Morgan fingerprint density at radius 1 is 0.917 bits per heavy atom. The molecule has 1 N–H and O–H groups in total. The number of benzene rings is 2. The average molecular weight is 352 g/mol. The molecular formula is C16H11F3N2O2S. The van der Waals surface area contributed by atoms with E-state index in [1.807, 2.05) is 0 Å². The van der Waals surface area contributed by atoms with Crippen LogP contribution in [-0.2, 0) is 16.2 Å². The number of hydrogen-bond donors (Lipinski definition) is 1. The molecule has 1 heterocycles. The summed E-state index contributed by atoms with van der Waals surface area (Å²) in [6, 6.07) is 13.5. The summed E-state index contributed by atoms with van der Waals surface area (Å²) in [4.78, 5) is 3.56. The molecule has 0 spiro atoms. The van der Waals surface area contributed by atoms with E-state index in [1.165, 1.54) is 6.07 Å². The van der Waals surface area contributed by atoms with E-state index in [0.717, 1.165) is 17.5 Å². The third-order valence-electron chi connectivity index (χ3n) is 3.37. The summed E-state index contributed by atoms with van der Waals surface area (Å²) in [5, 5.41) is 1.25. The van der Waals surface area contributed by atoms with Crippen LogP contribution in [0.25, 0.3) is 10.8 Å². The Morgan fingerprint density at radius 3 is 2.29 bits per heavy atom. The fourth-order valence-corrected chi connectivity index (χ4v) is 3.48. The van der Waals surface area contributed by atoms with Crippen LogP contribution in [0.1, 0.15) is 5.56 Å². The van der Waals surface area contributed by atoms with E-state index >= 15 is 0 Å². The van der Waals surface area contributed by atoms with Crippen molar-refractivity contribution < 1.29 is 21.6 Å². The van der Waals surface area contributed by atoms with Gasteiger partial charge in [0, 0.05) is 11.6 Å². The Hall–Kier alpha value is -2.61. The highest BCUT2D eigenvalue weighted by Crippen LogP contribution is 2.29. The second-order valence-electron chi connectivity index (χ2n) is 5.01. The molecule has 0 bridgehead atoms. The average Bonchev–Trinajstić information content (AvgIpc) is 2.53. The predicted octanol–water partition coefficient (Wildman–Crippen LogP) is 4.05. The van der Waals surface area contributed by atoms with Crippen molar-refractivity contribution in [3.63, 3.8) is 0 Å². The summed E-state index contributed by atoms with van der Waals surface area (Å²) in [5.74, 6) is -0.184. The van der Waals surface area contributed by atoms with Crippen LogP contribution in [0.15, 0.2) is 65.7 Å². The molecular weight excluding hydrogens is 341 g/mol. The maximum atomic E-state index is 12.5. The number of nitrogens with zero attached hydrogens (tertiary/aromatic N) is 1. The van der Waals surface area contributed by atoms with Crippen molar-refractivity contribution in [3.8, 4) is 0 Å². The summed E-state index contributed by atoms with van der Waals surface area (Å²) in [5.41, 5.74) is -0.949. The molecule has 24 heavy (non-hydrogen) atoms. The number of pyridine rings is 1. The molecule has 0 aliphatic heterocycles. The first-order valence-electron chi connectivity index (χ1n) is 6.81. The molecule has 2 aromatic carbocycles. The van der Waals surface area contributed by atoms with E-state index in [2.05, 4.69) is 9.71 Å². The number of aromatic nitrogens is 1. The van der Waals surface area contributed by atoms with Crippen LogP contribution >= 0.6 is 0 Å². The van der Waals surface area contributed by atoms with E-state index in [4.69, 9.17) is 0 Å². The summed E-state index contributed by atoms with van der Waals surface area (Å²) >= 11 is 0. The van der Waals surface area contributed by atoms with Gasteiger partial charge in [-0.25, -0.2) is 13.4 Å². The van der Waals surface area contributed by atoms with Crippen molar-refractivity contribution in [2.75, 3.05) is 4.72 Å². The molecule has 3 rings (SSSR count). The molecule has 0 amide bonds. The topological polar surface area (TPSA) is 59.1 Å². The Labute approximate surface area is 136 Å². The molecule has 124 valence electrons. The van der Waals surface area contributed by atoms with Gasteiger partial charge in [0.05, 0.1) is 10.5 Å². The largest absolute Gasteiger partial charge is 0.417 e. The molecule has 8 heteroatoms. The summed E-state index contributed by atoms with van der Waals surface area (Å²) in [6.45, 7) is 0. The van der Waals surface area contributed by atoms with Gasteiger partial charge in [-0.05, 0) is 23.6 Å². The molecule has 0 saturated carbocycles. The number of halogens is 3. The maximum absolute atomic E-state index is 12.5. The molecule has 3 aromatic rings. The summed E-state index contributed by atoms with van der Waals surface area (Å²) in [7, 11) is -3.98. The molecule has 0 aliphatic rings. The van der Waals surface area contributed by atoms with Crippen molar-refractivity contribution in [1.29, 1.82) is 0 Å². The fraction of sp³-hybridized carbons (Fsp3) is 0.0625. The minimum Gasteiger partial charge on any atom is -0.263 e. The monoisotopic (exact) mass is 352 g/mol. The van der Waals surface area contributed by atoms with Gasteiger partial charge in [0.2, 0.25) is 0 Å². The number of hydrogen-bond acceptors (Lipinski definition) is 3. The zero-order valence-corrected chi connectivity index (χ0v) is 12.9. The van der Waals surface area contributed by atoms with E-state index in [1.54, 1.807) is 36.4 Å². The smallest absolute Gasteiger partial charge is 0.263 e. The maximum Gasteiger partial charge on any atom is 0.417 e. The van der Waals surface area contributed by atoms with Crippen LogP contribution in [0, 0.1) is 0 Å². The van der Waals surface area contributed by atoms with Gasteiger partial charge in [-0.3, -0.25) is 4.72 Å². The van der Waals surface area contributed by atoms with Gasteiger partial charge >= 0.3 is 6.18 Å². The zero-order chi connectivity index (χ0) is 17.4. The Bertz CT molecular complexity index is 979. The van der Waals surface area contributed by atoms with Crippen molar-refractivity contribution in [2.45, 2.75) is 11.1 Å². The van der Waals surface area contributed by atoms with Crippen molar-refractivity contribution in [2.24, 2.45) is 0 Å². The second-order valence-corrected chi connectivity index (χ2v) is 6.66. The molecule has 0 unspecified atom stereocenters. The fourth-order valence-electron chi connectivity index (χ4n) is 2.24. The number of fused-ring (bicyclic) bond motifs is 1. The normalized spacial score (nSPS) is 12.3. The van der Waals surface area contributed by atoms with Crippen LogP contribution < -0.4 is 4.72 Å². The van der Waals surface area contributed by atoms with Crippen LogP contribution in [-0.4, -0.2) is 13.4 Å². The SMILES string of the molecule is O=S(=O)(Nc1ccc(C(F)(F)F)cn1)c1cccc2ccccc12. The first-order chi connectivity index (χ1) is 11.3. The van der Waals surface area contributed by atoms with E-state index in [0.29, 0.717) is 11.6 Å². The van der Waals surface area contributed by atoms with Gasteiger partial charge in [-0.2, -0.15) is 13.2 Å². The number of rotatable bonds is 3. The zero-order valence-electron chi connectivity index (χ0n) is 12.1. The lowest BCUT2D eigenvalue weighted by Gasteiger charge is -2.11. The molecule has 4 nitrogen and oxygen atoms in total. The minimum atomic E-state index is -4.53. The van der Waals surface area contributed by atoms with Gasteiger partial charge in [-0.1, -0.05) is 36.4 Å². The first-order valence-corrected chi connectivity index (χ1v) is 8.29. The summed E-state index contributed by atoms with van der Waals surface area (Å²) < 4.78 is 64.8. The molecule has 0 aliphatic carbocycles. The van der Waals surface area contributed by atoms with E-state index in [-0.39, 0.29) is 10.7 Å². The first kappa shape index (κ1) is 16.3. The third kappa shape index (κ3) is 3.18. The van der Waals surface area contributed by atoms with Crippen LogP contribution in [0.5, 0.6) is 0 Å². The number of alkyl halides is 3. The van der Waals surface area contributed by atoms with E-state index in [9.17, 15) is 21.6 Å². The van der Waals surface area contributed by atoms with Crippen molar-refractivity contribution in [1.82, 2.24) is 4.98 Å². The van der Waals surface area contributed by atoms with Crippen molar-refractivity contribution >= 4 is 26.6 Å². The number of anilines is 1. The third-order valence-corrected chi connectivity index (χ3v) is 4.78. The highest BCUT2D eigenvalue weighted by Gasteiger charge is 2.30. The van der Waals surface area contributed by atoms with Gasteiger partial charge in [0.15, 0.2) is 0 Å². The minimum absolute atomic E-state index is 0.0299. The summed E-state index contributed by atoms with van der Waals surface area (Å²) in [6.07, 6.45) is -3.94. The molecule has 0 fully saturated rings. The Morgan fingerprint density at radius 2 is 1.62 bits per heavy atom. The van der Waals surface area contributed by atoms with Crippen molar-refractivity contribution in [3.05, 3.63) is 66.4 Å². The number of sulfonamides is 1. The van der Waals surface area contributed by atoms with Gasteiger partial charge in [0.1, 0.15) is 5.82 Å². The van der Waals surface area contributed by atoms with Crippen LogP contribution in [0.3, 0.4) is 0 Å². The standard InChI is InChI=1S/C16H11F3N2O2S/c17-16(18,19)12-8-9-15(20-10-12)21-24(22,23)14-7-3-5-11-4-1-2-6-13(11)14/h1-10H,(H,20,21). The molecule has 0 atom stereocenters. The van der Waals surface area contributed by atoms with Gasteiger partial charge in [0.25, 0.3) is 10.0 Å². The Balaban J connectivity index is 1.96. The lowest BCUT2D eigenvalue weighted by atomic mass is 10.1. The molecule has 1 aromatic heterocycles. The van der Waals surface area contributed by atoms with Crippen LogP contribution in [0.4, 0.5) is 19.0 Å². The second kappa shape index (κ2) is 5.79.